The van der Waals surface area contributed by atoms with Crippen molar-refractivity contribution in [2.75, 3.05) is 0 Å². The van der Waals surface area contributed by atoms with Crippen LogP contribution in [0.15, 0.2) is 66.9 Å². The van der Waals surface area contributed by atoms with Crippen LogP contribution in [0, 0.1) is 0 Å². The van der Waals surface area contributed by atoms with E-state index in [4.69, 9.17) is 4.74 Å². The van der Waals surface area contributed by atoms with Crippen molar-refractivity contribution in [2.24, 2.45) is 0 Å². The Hall–Kier alpha value is -3.14. The van der Waals surface area contributed by atoms with Crippen LogP contribution in [0.1, 0.15) is 40.7 Å². The lowest BCUT2D eigenvalue weighted by atomic mass is 9.90. The molecule has 0 saturated heterocycles. The normalized spacial score (nSPS) is 12.8. The second-order valence-corrected chi connectivity index (χ2v) is 7.54. The predicted octanol–water partition coefficient (Wildman–Crippen LogP) is 4.40. The highest BCUT2D eigenvalue weighted by Crippen LogP contribution is 2.22. The maximum Gasteiger partial charge on any atom is 0.224 e. The van der Waals surface area contributed by atoms with Crippen LogP contribution in [-0.4, -0.2) is 10.9 Å². The molecule has 3 aromatic rings. The number of aryl methyl sites for hydroxylation is 2. The summed E-state index contributed by atoms with van der Waals surface area (Å²) in [5.41, 5.74) is 6.01. The Morgan fingerprint density at radius 2 is 1.72 bits per heavy atom. The predicted molar refractivity (Wildman–Crippen MR) is 114 cm³/mol. The van der Waals surface area contributed by atoms with Crippen molar-refractivity contribution in [2.45, 2.75) is 45.3 Å². The molecule has 0 bridgehead atoms. The molecule has 4 rings (SSSR count). The molecule has 0 spiro atoms. The van der Waals surface area contributed by atoms with E-state index in [9.17, 15) is 4.79 Å². The van der Waals surface area contributed by atoms with Gasteiger partial charge in [0.2, 0.25) is 11.8 Å². The van der Waals surface area contributed by atoms with Gasteiger partial charge in [0.25, 0.3) is 0 Å². The summed E-state index contributed by atoms with van der Waals surface area (Å²) in [6.07, 6.45) is 6.95. The van der Waals surface area contributed by atoms with E-state index in [0.29, 0.717) is 25.5 Å². The van der Waals surface area contributed by atoms with E-state index < -0.39 is 0 Å². The lowest BCUT2D eigenvalue weighted by Gasteiger charge is -2.16. The van der Waals surface area contributed by atoms with Gasteiger partial charge in [0.05, 0.1) is 6.42 Å². The highest BCUT2D eigenvalue weighted by atomic mass is 16.5. The largest absolute Gasteiger partial charge is 0.473 e. The van der Waals surface area contributed by atoms with Crippen LogP contribution in [0.5, 0.6) is 5.88 Å². The number of fused-ring (bicyclic) bond motifs is 1. The van der Waals surface area contributed by atoms with E-state index in [0.717, 1.165) is 23.1 Å². The lowest BCUT2D eigenvalue weighted by molar-refractivity contribution is -0.120. The molecule has 0 saturated carbocycles. The average molecular weight is 386 g/mol. The standard InChI is InChI=1S/C25H26N2O2/c28-24(15-20-10-11-22-8-4-5-9-23(22)14-20)27-17-21-12-13-26-25(16-21)29-18-19-6-2-1-3-7-19/h1-3,6-7,10-14,16H,4-5,8-9,15,17-18H2,(H,27,28). The van der Waals surface area contributed by atoms with E-state index in [1.54, 1.807) is 6.20 Å². The monoisotopic (exact) mass is 386 g/mol. The van der Waals surface area contributed by atoms with Crippen LogP contribution >= 0.6 is 0 Å². The topological polar surface area (TPSA) is 51.2 Å². The zero-order chi connectivity index (χ0) is 19.9. The molecule has 0 fully saturated rings. The summed E-state index contributed by atoms with van der Waals surface area (Å²) in [6, 6.07) is 20.3. The fourth-order valence-corrected chi connectivity index (χ4v) is 3.72. The summed E-state index contributed by atoms with van der Waals surface area (Å²) in [5.74, 6) is 0.597. The van der Waals surface area contributed by atoms with Crippen molar-refractivity contribution in [1.29, 1.82) is 0 Å². The zero-order valence-corrected chi connectivity index (χ0v) is 16.6. The van der Waals surface area contributed by atoms with Gasteiger partial charge < -0.3 is 10.1 Å². The van der Waals surface area contributed by atoms with Crippen molar-refractivity contribution in [1.82, 2.24) is 10.3 Å². The van der Waals surface area contributed by atoms with Gasteiger partial charge in [-0.25, -0.2) is 4.98 Å². The Morgan fingerprint density at radius 1 is 0.897 bits per heavy atom. The zero-order valence-electron chi connectivity index (χ0n) is 16.6. The number of hydrogen-bond acceptors (Lipinski definition) is 3. The molecule has 1 amide bonds. The molecule has 1 heterocycles. The van der Waals surface area contributed by atoms with Gasteiger partial charge >= 0.3 is 0 Å². The third-order valence-corrected chi connectivity index (χ3v) is 5.30. The summed E-state index contributed by atoms with van der Waals surface area (Å²) < 4.78 is 5.76. The maximum atomic E-state index is 12.4. The first kappa shape index (κ1) is 19.2. The molecule has 4 nitrogen and oxygen atoms in total. The van der Waals surface area contributed by atoms with Gasteiger partial charge in [0.15, 0.2) is 0 Å². The van der Waals surface area contributed by atoms with Gasteiger partial charge in [-0.3, -0.25) is 4.79 Å². The van der Waals surface area contributed by atoms with Crippen LogP contribution < -0.4 is 10.1 Å². The molecule has 4 heteroatoms. The van der Waals surface area contributed by atoms with Crippen molar-refractivity contribution < 1.29 is 9.53 Å². The van der Waals surface area contributed by atoms with Crippen LogP contribution in [0.25, 0.3) is 0 Å². The molecule has 148 valence electrons. The van der Waals surface area contributed by atoms with Gasteiger partial charge in [-0.05, 0) is 59.6 Å². The molecule has 1 aliphatic rings. The number of nitrogens with zero attached hydrogens (tertiary/aromatic N) is 1. The minimum absolute atomic E-state index is 0.0318. The van der Waals surface area contributed by atoms with E-state index in [1.165, 1.54) is 30.4 Å². The Labute approximate surface area is 172 Å². The summed E-state index contributed by atoms with van der Waals surface area (Å²) in [5, 5.41) is 3.01. The number of aromatic nitrogens is 1. The van der Waals surface area contributed by atoms with Gasteiger partial charge in [0, 0.05) is 18.8 Å². The van der Waals surface area contributed by atoms with Crippen LogP contribution in [0.4, 0.5) is 0 Å². The SMILES string of the molecule is O=C(Cc1ccc2c(c1)CCCC2)NCc1ccnc(OCc2ccccc2)c1. The number of amides is 1. The molecule has 2 aromatic carbocycles. The second kappa shape index (κ2) is 9.37. The Kier molecular flexibility index (Phi) is 6.20. The first-order chi connectivity index (χ1) is 14.3. The fourth-order valence-electron chi connectivity index (χ4n) is 3.72. The molecule has 0 radical (unpaired) electrons. The third kappa shape index (κ3) is 5.44. The Bertz CT molecular complexity index is 970. The third-order valence-electron chi connectivity index (χ3n) is 5.30. The number of nitrogens with one attached hydrogen (secondary N) is 1. The number of carbonyl (C=O) groups excluding carboxylic acids is 1. The minimum Gasteiger partial charge on any atom is -0.473 e. The van der Waals surface area contributed by atoms with E-state index in [-0.39, 0.29) is 5.91 Å². The fraction of sp³-hybridized carbons (Fsp3) is 0.280. The van der Waals surface area contributed by atoms with Gasteiger partial charge in [-0.15, -0.1) is 0 Å². The van der Waals surface area contributed by atoms with Crippen molar-refractivity contribution in [3.8, 4) is 5.88 Å². The molecule has 0 unspecified atom stereocenters. The van der Waals surface area contributed by atoms with Crippen LogP contribution in [-0.2, 0) is 37.2 Å². The maximum absolute atomic E-state index is 12.4. The summed E-state index contributed by atoms with van der Waals surface area (Å²) in [6.45, 7) is 0.940. The number of carbonyl (C=O) groups is 1. The number of pyridine rings is 1. The molecule has 1 aromatic heterocycles. The van der Waals surface area contributed by atoms with E-state index in [2.05, 4.69) is 28.5 Å². The van der Waals surface area contributed by atoms with Crippen LogP contribution in [0.3, 0.4) is 0 Å². The van der Waals surface area contributed by atoms with Gasteiger partial charge in [-0.1, -0.05) is 48.5 Å². The van der Waals surface area contributed by atoms with Gasteiger partial charge in [-0.2, -0.15) is 0 Å². The van der Waals surface area contributed by atoms with Crippen molar-refractivity contribution in [3.05, 3.63) is 94.7 Å². The summed E-state index contributed by atoms with van der Waals surface area (Å²) in [7, 11) is 0. The second-order valence-electron chi connectivity index (χ2n) is 7.54. The highest BCUT2D eigenvalue weighted by molar-refractivity contribution is 5.78. The molecule has 1 N–H and O–H groups in total. The molecular weight excluding hydrogens is 360 g/mol. The number of hydrogen-bond donors (Lipinski definition) is 1. The molecule has 0 atom stereocenters. The van der Waals surface area contributed by atoms with E-state index in [1.807, 2.05) is 42.5 Å². The minimum atomic E-state index is 0.0318. The summed E-state index contributed by atoms with van der Waals surface area (Å²) in [4.78, 5) is 16.6. The lowest BCUT2D eigenvalue weighted by Crippen LogP contribution is -2.24. The molecule has 0 aliphatic heterocycles. The van der Waals surface area contributed by atoms with E-state index >= 15 is 0 Å². The average Bonchev–Trinajstić information content (AvgIpc) is 2.77. The van der Waals surface area contributed by atoms with Gasteiger partial charge in [0.1, 0.15) is 6.61 Å². The molecular formula is C25H26N2O2. The first-order valence-corrected chi connectivity index (χ1v) is 10.3. The quantitative estimate of drug-likeness (QED) is 0.655. The van der Waals surface area contributed by atoms with Crippen molar-refractivity contribution >= 4 is 5.91 Å². The summed E-state index contributed by atoms with van der Waals surface area (Å²) >= 11 is 0. The Morgan fingerprint density at radius 3 is 2.59 bits per heavy atom. The first-order valence-electron chi connectivity index (χ1n) is 10.3. The molecule has 29 heavy (non-hydrogen) atoms. The molecule has 1 aliphatic carbocycles. The number of ether oxygens (including phenoxy) is 1. The van der Waals surface area contributed by atoms with Crippen LogP contribution in [0.2, 0.25) is 0 Å². The Balaban J connectivity index is 1.29. The smallest absolute Gasteiger partial charge is 0.224 e. The number of rotatable bonds is 7. The highest BCUT2D eigenvalue weighted by Gasteiger charge is 2.11. The van der Waals surface area contributed by atoms with Crippen molar-refractivity contribution in [3.63, 3.8) is 0 Å². The number of benzene rings is 2.